The van der Waals surface area contributed by atoms with Gasteiger partial charge in [-0.25, -0.2) is 4.98 Å². The lowest BCUT2D eigenvalue weighted by Crippen LogP contribution is -2.26. The summed E-state index contributed by atoms with van der Waals surface area (Å²) in [6.45, 7) is 4.27. The van der Waals surface area contributed by atoms with E-state index in [0.29, 0.717) is 5.92 Å². The number of nitrogens with zero attached hydrogens (tertiary/aromatic N) is 3. The number of aryl methyl sites for hydroxylation is 2. The molecule has 0 spiro atoms. The lowest BCUT2D eigenvalue weighted by molar-refractivity contribution is 0.459. The van der Waals surface area contributed by atoms with Crippen LogP contribution < -0.4 is 5.32 Å². The van der Waals surface area contributed by atoms with Gasteiger partial charge in [0.05, 0.1) is 16.4 Å². The maximum absolute atomic E-state index is 4.82. The van der Waals surface area contributed by atoms with Gasteiger partial charge in [0.1, 0.15) is 0 Å². The molecule has 1 N–H and O–H groups in total. The molecule has 1 saturated heterocycles. The Morgan fingerprint density at radius 2 is 2.17 bits per heavy atom. The first-order chi connectivity index (χ1) is 8.74. The van der Waals surface area contributed by atoms with Gasteiger partial charge in [-0.05, 0) is 32.9 Å². The summed E-state index contributed by atoms with van der Waals surface area (Å²) in [4.78, 5) is 4.82. The first kappa shape index (κ1) is 11.9. The minimum atomic E-state index is 0.641. The van der Waals surface area contributed by atoms with Crippen LogP contribution in [0.25, 0.3) is 11.3 Å². The number of hydrogen-bond donors (Lipinski definition) is 1. The zero-order valence-corrected chi connectivity index (χ0v) is 11.6. The molecule has 0 aliphatic carbocycles. The molecule has 3 heterocycles. The molecule has 18 heavy (non-hydrogen) atoms. The van der Waals surface area contributed by atoms with Gasteiger partial charge < -0.3 is 5.32 Å². The first-order valence-electron chi connectivity index (χ1n) is 6.41. The molecule has 0 atom stereocenters. The molecule has 1 aliphatic heterocycles. The maximum Gasteiger partial charge on any atom is 0.0964 e. The van der Waals surface area contributed by atoms with E-state index in [9.17, 15) is 0 Å². The maximum atomic E-state index is 4.82. The molecular formula is C13H18N4S. The largest absolute Gasteiger partial charge is 0.317 e. The Balaban J connectivity index is 1.86. The first-order valence-corrected chi connectivity index (χ1v) is 7.29. The molecule has 2 aromatic rings. The molecule has 3 rings (SSSR count). The summed E-state index contributed by atoms with van der Waals surface area (Å²) in [6, 6.07) is 0. The van der Waals surface area contributed by atoms with Crippen LogP contribution in [-0.2, 0) is 7.05 Å². The average Bonchev–Trinajstić information content (AvgIpc) is 2.97. The van der Waals surface area contributed by atoms with Crippen LogP contribution in [0.3, 0.4) is 0 Å². The van der Waals surface area contributed by atoms with Gasteiger partial charge >= 0.3 is 0 Å². The fourth-order valence-electron chi connectivity index (χ4n) is 2.52. The van der Waals surface area contributed by atoms with Gasteiger partial charge in [-0.3, -0.25) is 4.68 Å². The van der Waals surface area contributed by atoms with Gasteiger partial charge in [0.2, 0.25) is 0 Å². The van der Waals surface area contributed by atoms with E-state index in [-0.39, 0.29) is 0 Å². The zero-order valence-electron chi connectivity index (χ0n) is 10.8. The van der Waals surface area contributed by atoms with Crippen LogP contribution in [0.15, 0.2) is 11.6 Å². The minimum absolute atomic E-state index is 0.641. The van der Waals surface area contributed by atoms with Gasteiger partial charge in [-0.1, -0.05) is 0 Å². The summed E-state index contributed by atoms with van der Waals surface area (Å²) < 4.78 is 1.86. The second kappa shape index (κ2) is 4.82. The van der Waals surface area contributed by atoms with E-state index in [4.69, 9.17) is 4.98 Å². The Labute approximate surface area is 111 Å². The Hall–Kier alpha value is -1.20. The van der Waals surface area contributed by atoms with Crippen molar-refractivity contribution < 1.29 is 0 Å². The number of aromatic nitrogens is 3. The van der Waals surface area contributed by atoms with Crippen molar-refractivity contribution in [2.75, 3.05) is 13.1 Å². The van der Waals surface area contributed by atoms with Crippen LogP contribution in [0.4, 0.5) is 0 Å². The third-order valence-electron chi connectivity index (χ3n) is 3.50. The quantitative estimate of drug-likeness (QED) is 0.903. The summed E-state index contributed by atoms with van der Waals surface area (Å²) in [5.41, 5.74) is 3.30. The topological polar surface area (TPSA) is 42.7 Å². The van der Waals surface area contributed by atoms with E-state index >= 15 is 0 Å². The Kier molecular flexibility index (Phi) is 3.18. The van der Waals surface area contributed by atoms with Crippen LogP contribution in [0.2, 0.25) is 0 Å². The number of rotatable bonds is 2. The normalized spacial score (nSPS) is 17.2. The fraction of sp³-hybridized carbons (Fsp3) is 0.538. The number of thiazole rings is 1. The van der Waals surface area contributed by atoms with Crippen LogP contribution in [0.5, 0.6) is 0 Å². The molecule has 0 amide bonds. The molecular weight excluding hydrogens is 244 g/mol. The predicted octanol–water partition coefficient (Wildman–Crippen LogP) is 2.32. The van der Waals surface area contributed by atoms with Crippen LogP contribution >= 0.6 is 11.3 Å². The van der Waals surface area contributed by atoms with Gasteiger partial charge in [0, 0.05) is 30.1 Å². The highest BCUT2D eigenvalue weighted by Gasteiger charge is 2.19. The molecule has 0 radical (unpaired) electrons. The average molecular weight is 262 g/mol. The van der Waals surface area contributed by atoms with E-state index in [0.717, 1.165) is 30.0 Å². The van der Waals surface area contributed by atoms with Crippen LogP contribution in [0.1, 0.15) is 29.5 Å². The number of hydrogen-bond acceptors (Lipinski definition) is 4. The van der Waals surface area contributed by atoms with Crippen molar-refractivity contribution in [2.24, 2.45) is 7.05 Å². The molecule has 96 valence electrons. The standard InChI is InChI=1S/C13H18N4S/c1-9-11(7-17(2)16-9)12-8-18-13(15-12)10-3-5-14-6-4-10/h7-8,10,14H,3-6H2,1-2H3. The molecule has 0 saturated carbocycles. The van der Waals surface area contributed by atoms with Gasteiger partial charge in [0.25, 0.3) is 0 Å². The van der Waals surface area contributed by atoms with Gasteiger partial charge in [-0.15, -0.1) is 11.3 Å². The molecule has 0 bridgehead atoms. The predicted molar refractivity (Wildman–Crippen MR) is 73.9 cm³/mol. The molecule has 0 aromatic carbocycles. The fourth-order valence-corrected chi connectivity index (χ4v) is 3.51. The highest BCUT2D eigenvalue weighted by atomic mass is 32.1. The van der Waals surface area contributed by atoms with Crippen molar-refractivity contribution in [3.63, 3.8) is 0 Å². The summed E-state index contributed by atoms with van der Waals surface area (Å²) in [6.07, 6.45) is 4.47. The third kappa shape index (κ3) is 2.20. The van der Waals surface area contributed by atoms with E-state index in [2.05, 4.69) is 22.0 Å². The van der Waals surface area contributed by atoms with E-state index in [1.54, 1.807) is 11.3 Å². The second-order valence-electron chi connectivity index (χ2n) is 4.90. The molecule has 1 fully saturated rings. The van der Waals surface area contributed by atoms with Crippen LogP contribution in [-0.4, -0.2) is 27.9 Å². The van der Waals surface area contributed by atoms with E-state index in [1.165, 1.54) is 17.8 Å². The summed E-state index contributed by atoms with van der Waals surface area (Å²) in [7, 11) is 1.95. The molecule has 1 aliphatic rings. The van der Waals surface area contributed by atoms with Crippen molar-refractivity contribution in [1.82, 2.24) is 20.1 Å². The second-order valence-corrected chi connectivity index (χ2v) is 5.79. The number of nitrogens with one attached hydrogen (secondary N) is 1. The monoisotopic (exact) mass is 262 g/mol. The summed E-state index contributed by atoms with van der Waals surface area (Å²) >= 11 is 1.79. The lowest BCUT2D eigenvalue weighted by atomic mass is 9.99. The van der Waals surface area contributed by atoms with Crippen molar-refractivity contribution in [3.05, 3.63) is 22.3 Å². The molecule has 5 heteroatoms. The van der Waals surface area contributed by atoms with Gasteiger partial charge in [-0.2, -0.15) is 5.10 Å². The number of piperidine rings is 1. The Morgan fingerprint density at radius 1 is 1.39 bits per heavy atom. The van der Waals surface area contributed by atoms with E-state index < -0.39 is 0 Å². The molecule has 4 nitrogen and oxygen atoms in total. The van der Waals surface area contributed by atoms with Crippen molar-refractivity contribution in [2.45, 2.75) is 25.7 Å². The third-order valence-corrected chi connectivity index (χ3v) is 4.51. The van der Waals surface area contributed by atoms with Crippen molar-refractivity contribution >= 4 is 11.3 Å². The zero-order chi connectivity index (χ0) is 12.5. The van der Waals surface area contributed by atoms with Gasteiger partial charge in [0.15, 0.2) is 0 Å². The SMILES string of the molecule is Cc1nn(C)cc1-c1csc(C2CCNCC2)n1. The van der Waals surface area contributed by atoms with Crippen molar-refractivity contribution in [1.29, 1.82) is 0 Å². The van der Waals surface area contributed by atoms with Crippen molar-refractivity contribution in [3.8, 4) is 11.3 Å². The Morgan fingerprint density at radius 3 is 2.83 bits per heavy atom. The highest BCUT2D eigenvalue weighted by Crippen LogP contribution is 2.31. The Bertz CT molecular complexity index is 537. The summed E-state index contributed by atoms with van der Waals surface area (Å²) in [5.74, 6) is 0.641. The minimum Gasteiger partial charge on any atom is -0.317 e. The summed E-state index contributed by atoms with van der Waals surface area (Å²) in [5, 5.41) is 11.2. The van der Waals surface area contributed by atoms with E-state index in [1.807, 2.05) is 18.7 Å². The smallest absolute Gasteiger partial charge is 0.0964 e. The molecule has 0 unspecified atom stereocenters. The lowest BCUT2D eigenvalue weighted by Gasteiger charge is -2.20. The molecule has 2 aromatic heterocycles. The van der Waals surface area contributed by atoms with Crippen LogP contribution in [0, 0.1) is 6.92 Å². The highest BCUT2D eigenvalue weighted by molar-refractivity contribution is 7.10.